The zero-order valence-electron chi connectivity index (χ0n) is 41.6. The molecule has 24 heteroatoms. The summed E-state index contributed by atoms with van der Waals surface area (Å²) in [6.45, 7) is 6.06. The first kappa shape index (κ1) is 56.9. The van der Waals surface area contributed by atoms with Crippen LogP contribution in [0.1, 0.15) is 79.5 Å². The van der Waals surface area contributed by atoms with Gasteiger partial charge in [-0.2, -0.15) is 0 Å². The molecule has 0 saturated carbocycles. The van der Waals surface area contributed by atoms with Crippen molar-refractivity contribution in [2.75, 3.05) is 13.2 Å². The van der Waals surface area contributed by atoms with Crippen LogP contribution in [0.4, 0.5) is 0 Å². The Morgan fingerprint density at radius 2 is 0.773 bits per heavy atom. The average molecular weight is 1050 g/mol. The Morgan fingerprint density at radius 3 is 1.24 bits per heavy atom. The summed E-state index contributed by atoms with van der Waals surface area (Å²) < 4.78 is 82.1. The van der Waals surface area contributed by atoms with E-state index in [1.165, 1.54) is 43.3 Å². The van der Waals surface area contributed by atoms with Gasteiger partial charge in [-0.1, -0.05) is 54.6 Å². The molecule has 0 bridgehead atoms. The number of benzene rings is 3. The molecular formula is C51H56O24. The average Bonchev–Trinajstić information content (AvgIpc) is 3.35. The minimum absolute atomic E-state index is 0.00559. The Morgan fingerprint density at radius 1 is 0.400 bits per heavy atom. The highest BCUT2D eigenvalue weighted by Gasteiger charge is 2.58. The minimum Gasteiger partial charge on any atom is -0.463 e. The van der Waals surface area contributed by atoms with Crippen molar-refractivity contribution in [1.82, 2.24) is 0 Å². The summed E-state index contributed by atoms with van der Waals surface area (Å²) in [6.07, 6.45) is -26.1. The molecule has 75 heavy (non-hydrogen) atoms. The molecule has 3 aromatic carbocycles. The standard InChI is InChI=1S/C51H56O24/c1-25-37(65-27(3)53)40(67-29(5)55)45(69-31(7)57)51(64-25)75-42-38(66-28(4)54)36(23-62-26(2)52)71-50(44(42)68-30(6)56)63-24-35-39(72-46(58)32-17-11-8-12-18-32)41(73-47(59)33-19-13-9-14-20-33)43(49(61)70-35)74-48(60)34-21-15-10-16-22-34/h8-22,25,35-45,49-51,61H,23-24H2,1-7H3/t25-,35+,36+,37+,38-,39-,40+,41-,42-,43+,44+,45-,49+,50+,51-/m0/s1. The Kier molecular flexibility index (Phi) is 19.9. The van der Waals surface area contributed by atoms with E-state index in [0.717, 1.165) is 41.5 Å². The number of esters is 9. The molecule has 3 fully saturated rings. The maximum absolute atomic E-state index is 14.0. The predicted octanol–water partition coefficient (Wildman–Crippen LogP) is 2.47. The number of rotatable bonds is 18. The fourth-order valence-corrected chi connectivity index (χ4v) is 8.30. The van der Waals surface area contributed by atoms with Crippen LogP contribution in [0.15, 0.2) is 91.0 Å². The second kappa shape index (κ2) is 26.2. The number of carbonyl (C=O) groups is 9. The SMILES string of the molecule is CC(=O)OC[C@H]1O[C@@H](OC[C@H]2O[C@@H](O)[C@H](OC(=O)c3ccccc3)[C@@H](OC(=O)c3ccccc3)[C@H]2OC(=O)c2ccccc2)[C@H](OC(C)=O)[C@@H](O[C@@H]2O[C@@H](C)[C@@H](OC(C)=O)[C@@H](OC(C)=O)[C@@H]2OC(C)=O)[C@H]1OC(C)=O. The molecule has 3 heterocycles. The Balaban J connectivity index is 1.42. The molecular weight excluding hydrogens is 997 g/mol. The van der Waals surface area contributed by atoms with Crippen molar-refractivity contribution >= 4 is 53.7 Å². The highest BCUT2D eigenvalue weighted by Crippen LogP contribution is 2.37. The molecule has 0 spiro atoms. The van der Waals surface area contributed by atoms with Crippen LogP contribution >= 0.6 is 0 Å². The van der Waals surface area contributed by atoms with E-state index in [-0.39, 0.29) is 16.7 Å². The number of hydrogen-bond acceptors (Lipinski definition) is 24. The summed E-state index contributed by atoms with van der Waals surface area (Å²) in [5.74, 6) is -8.49. The van der Waals surface area contributed by atoms with Crippen LogP contribution in [0.3, 0.4) is 0 Å². The quantitative estimate of drug-likeness (QED) is 0.141. The molecule has 6 rings (SSSR count). The zero-order chi connectivity index (χ0) is 54.5. The molecule has 3 aromatic rings. The van der Waals surface area contributed by atoms with Gasteiger partial charge >= 0.3 is 53.7 Å². The second-order valence-electron chi connectivity index (χ2n) is 17.1. The second-order valence-corrected chi connectivity index (χ2v) is 17.1. The molecule has 0 aromatic heterocycles. The van der Waals surface area contributed by atoms with Gasteiger partial charge in [-0.05, 0) is 43.3 Å². The van der Waals surface area contributed by atoms with Gasteiger partial charge in [0.15, 0.2) is 67.7 Å². The van der Waals surface area contributed by atoms with Gasteiger partial charge in [-0.3, -0.25) is 28.8 Å². The lowest BCUT2D eigenvalue weighted by Gasteiger charge is -2.49. The summed E-state index contributed by atoms with van der Waals surface area (Å²) in [5, 5.41) is 11.7. The van der Waals surface area contributed by atoms with Crippen LogP contribution < -0.4 is 0 Å². The first-order chi connectivity index (χ1) is 35.7. The van der Waals surface area contributed by atoms with Gasteiger partial charge in [0.05, 0.1) is 29.4 Å². The Bertz CT molecular complexity index is 2490. The maximum atomic E-state index is 14.0. The lowest BCUT2D eigenvalue weighted by atomic mass is 9.96. The first-order valence-electron chi connectivity index (χ1n) is 23.4. The van der Waals surface area contributed by atoms with Gasteiger partial charge in [0.1, 0.15) is 24.9 Å². The predicted molar refractivity (Wildman–Crippen MR) is 246 cm³/mol. The molecule has 0 unspecified atom stereocenters. The summed E-state index contributed by atoms with van der Waals surface area (Å²) >= 11 is 0. The van der Waals surface area contributed by atoms with Crippen molar-refractivity contribution in [3.05, 3.63) is 108 Å². The number of ether oxygens (including phenoxy) is 14. The highest BCUT2D eigenvalue weighted by atomic mass is 16.8. The van der Waals surface area contributed by atoms with Crippen molar-refractivity contribution in [2.45, 2.75) is 141 Å². The van der Waals surface area contributed by atoms with Gasteiger partial charge in [0.25, 0.3) is 0 Å². The molecule has 3 aliphatic heterocycles. The van der Waals surface area contributed by atoms with Crippen LogP contribution in [-0.4, -0.2) is 164 Å². The van der Waals surface area contributed by atoms with Crippen LogP contribution in [-0.2, 0) is 95.1 Å². The van der Waals surface area contributed by atoms with Crippen LogP contribution in [0.2, 0.25) is 0 Å². The number of aliphatic hydroxyl groups is 1. The topological polar surface area (TPSA) is 303 Å². The third-order valence-corrected chi connectivity index (χ3v) is 11.4. The third-order valence-electron chi connectivity index (χ3n) is 11.4. The van der Waals surface area contributed by atoms with Crippen LogP contribution in [0.5, 0.6) is 0 Å². The van der Waals surface area contributed by atoms with Gasteiger partial charge in [0, 0.05) is 41.5 Å². The van der Waals surface area contributed by atoms with E-state index in [4.69, 9.17) is 66.3 Å². The summed E-state index contributed by atoms with van der Waals surface area (Å²) in [4.78, 5) is 117. The van der Waals surface area contributed by atoms with E-state index in [9.17, 15) is 48.3 Å². The first-order valence-corrected chi connectivity index (χ1v) is 23.4. The summed E-state index contributed by atoms with van der Waals surface area (Å²) in [6, 6.07) is 22.7. The summed E-state index contributed by atoms with van der Waals surface area (Å²) in [5.41, 5.74) is 0.0385. The van der Waals surface area contributed by atoms with Crippen LogP contribution in [0, 0.1) is 0 Å². The van der Waals surface area contributed by atoms with E-state index >= 15 is 0 Å². The van der Waals surface area contributed by atoms with Gasteiger partial charge in [-0.25, -0.2) is 14.4 Å². The smallest absolute Gasteiger partial charge is 0.338 e. The van der Waals surface area contributed by atoms with Gasteiger partial charge < -0.3 is 71.4 Å². The van der Waals surface area contributed by atoms with Crippen molar-refractivity contribution < 1.29 is 115 Å². The fourth-order valence-electron chi connectivity index (χ4n) is 8.30. The molecule has 3 aliphatic rings. The van der Waals surface area contributed by atoms with Crippen molar-refractivity contribution in [3.8, 4) is 0 Å². The van der Waals surface area contributed by atoms with Crippen molar-refractivity contribution in [2.24, 2.45) is 0 Å². The third kappa shape index (κ3) is 15.4. The minimum atomic E-state index is -2.14. The Hall–Kier alpha value is -7.35. The monoisotopic (exact) mass is 1050 g/mol. The van der Waals surface area contributed by atoms with E-state index in [2.05, 4.69) is 0 Å². The van der Waals surface area contributed by atoms with Crippen LogP contribution in [0.25, 0.3) is 0 Å². The zero-order valence-corrected chi connectivity index (χ0v) is 41.6. The number of aliphatic hydroxyl groups excluding tert-OH is 1. The number of hydrogen-bond donors (Lipinski definition) is 1. The molecule has 3 saturated heterocycles. The largest absolute Gasteiger partial charge is 0.463 e. The Labute approximate surface area is 428 Å². The number of carbonyl (C=O) groups excluding carboxylic acids is 9. The van der Waals surface area contributed by atoms with E-state index in [1.807, 2.05) is 0 Å². The summed E-state index contributed by atoms with van der Waals surface area (Å²) in [7, 11) is 0. The lowest BCUT2D eigenvalue weighted by Crippen LogP contribution is -2.67. The molecule has 1 N–H and O–H groups in total. The fraction of sp³-hybridized carbons (Fsp3) is 0.471. The molecule has 0 amide bonds. The molecule has 0 radical (unpaired) electrons. The molecule has 24 nitrogen and oxygen atoms in total. The normalized spacial score (nSPS) is 29.2. The maximum Gasteiger partial charge on any atom is 0.338 e. The van der Waals surface area contributed by atoms with Crippen molar-refractivity contribution in [1.29, 1.82) is 0 Å². The van der Waals surface area contributed by atoms with Gasteiger partial charge in [-0.15, -0.1) is 0 Å². The lowest BCUT2D eigenvalue weighted by molar-refractivity contribution is -0.363. The molecule has 404 valence electrons. The van der Waals surface area contributed by atoms with E-state index in [0.29, 0.717) is 0 Å². The van der Waals surface area contributed by atoms with E-state index < -0.39 is 159 Å². The highest BCUT2D eigenvalue weighted by molar-refractivity contribution is 5.91. The van der Waals surface area contributed by atoms with Gasteiger partial charge in [0.2, 0.25) is 0 Å². The molecule has 0 aliphatic carbocycles. The van der Waals surface area contributed by atoms with E-state index in [1.54, 1.807) is 54.6 Å². The van der Waals surface area contributed by atoms with Crippen molar-refractivity contribution in [3.63, 3.8) is 0 Å². The molecule has 15 atom stereocenters.